The maximum Gasteiger partial charge on any atom is 0.333 e. The molecule has 9 heteroatoms. The number of anilines is 1. The molecule has 3 heterocycles. The van der Waals surface area contributed by atoms with Crippen LogP contribution in [-0.2, 0) is 11.3 Å². The molecule has 3 amide bonds. The molecule has 0 radical (unpaired) electrons. The van der Waals surface area contributed by atoms with E-state index in [1.165, 1.54) is 15.5 Å². The number of nitrogens with zero attached hydrogens (tertiary/aromatic N) is 6. The van der Waals surface area contributed by atoms with Gasteiger partial charge in [-0.1, -0.05) is 42.5 Å². The monoisotopic (exact) mass is 525 g/mol. The number of likely N-dealkylation sites (N-methyl/N-ethyl adjacent to an activating group) is 2. The topological polar surface area (TPSA) is 71.7 Å². The lowest BCUT2D eigenvalue weighted by Gasteiger charge is -2.35. The molecular formula is C30H33N6O3+. The van der Waals surface area contributed by atoms with Gasteiger partial charge in [0.15, 0.2) is 0 Å². The van der Waals surface area contributed by atoms with Crippen LogP contribution in [0.2, 0.25) is 0 Å². The second-order valence-corrected chi connectivity index (χ2v) is 10.3. The number of imide groups is 1. The first kappa shape index (κ1) is 25.1. The predicted molar refractivity (Wildman–Crippen MR) is 152 cm³/mol. The van der Waals surface area contributed by atoms with Crippen molar-refractivity contribution in [1.29, 1.82) is 0 Å². The fourth-order valence-electron chi connectivity index (χ4n) is 5.73. The molecule has 0 aromatic heterocycles. The van der Waals surface area contributed by atoms with Gasteiger partial charge >= 0.3 is 11.9 Å². The first-order valence-electron chi connectivity index (χ1n) is 13.3. The summed E-state index contributed by atoms with van der Waals surface area (Å²) < 4.78 is 7.39. The van der Waals surface area contributed by atoms with Crippen molar-refractivity contribution < 1.29 is 18.9 Å². The number of carbonyl (C=O) groups is 2. The molecule has 39 heavy (non-hydrogen) atoms. The summed E-state index contributed by atoms with van der Waals surface area (Å²) in [4.78, 5) is 38.5. The molecule has 1 unspecified atom stereocenters. The van der Waals surface area contributed by atoms with E-state index in [-0.39, 0.29) is 11.9 Å². The average Bonchev–Trinajstić information content (AvgIpc) is 3.33. The van der Waals surface area contributed by atoms with Crippen molar-refractivity contribution in [3.63, 3.8) is 0 Å². The Morgan fingerprint density at radius 2 is 1.62 bits per heavy atom. The summed E-state index contributed by atoms with van der Waals surface area (Å²) in [5.41, 5.74) is 2.31. The molecule has 3 aliphatic rings. The van der Waals surface area contributed by atoms with E-state index in [0.717, 1.165) is 54.1 Å². The molecule has 1 atom stereocenters. The third kappa shape index (κ3) is 4.52. The average molecular weight is 526 g/mol. The standard InChI is InChI=1S/C30H33N6O3/c1-32-28-27(29(37)33(2)30(32)38)36(19-22-9-6-8-21-7-4-5-10-25(21)22)26(31-28)20-34-15-17-35(18-16-34)23-11-13-24(39-3)14-12-23/h4-14,27H,15-20H2,1-3H3/q+1. The van der Waals surface area contributed by atoms with Gasteiger partial charge in [0.05, 0.1) is 7.11 Å². The predicted octanol–water partition coefficient (Wildman–Crippen LogP) is 2.89. The van der Waals surface area contributed by atoms with Crippen LogP contribution in [0.15, 0.2) is 71.7 Å². The van der Waals surface area contributed by atoms with Crippen LogP contribution in [0.5, 0.6) is 5.75 Å². The molecular weight excluding hydrogens is 492 g/mol. The van der Waals surface area contributed by atoms with E-state index in [9.17, 15) is 9.59 Å². The van der Waals surface area contributed by atoms with Crippen molar-refractivity contribution >= 4 is 40.1 Å². The van der Waals surface area contributed by atoms with Crippen molar-refractivity contribution in [2.24, 2.45) is 4.99 Å². The minimum absolute atomic E-state index is 0.239. The van der Waals surface area contributed by atoms with E-state index in [2.05, 4.69) is 56.8 Å². The first-order valence-corrected chi connectivity index (χ1v) is 13.3. The first-order chi connectivity index (χ1) is 18.9. The Morgan fingerprint density at radius 1 is 0.897 bits per heavy atom. The van der Waals surface area contributed by atoms with E-state index >= 15 is 0 Å². The van der Waals surface area contributed by atoms with Gasteiger partial charge in [-0.3, -0.25) is 19.5 Å². The Morgan fingerprint density at radius 3 is 2.36 bits per heavy atom. The maximum atomic E-state index is 13.4. The van der Waals surface area contributed by atoms with Gasteiger partial charge in [-0.15, -0.1) is 0 Å². The molecule has 0 N–H and O–H groups in total. The van der Waals surface area contributed by atoms with E-state index < -0.39 is 6.04 Å². The van der Waals surface area contributed by atoms with Crippen molar-refractivity contribution in [3.8, 4) is 5.75 Å². The van der Waals surface area contributed by atoms with E-state index in [1.54, 1.807) is 21.2 Å². The fraction of sp³-hybridized carbons (Fsp3) is 0.333. The third-order valence-electron chi connectivity index (χ3n) is 8.01. The number of hydrogen-bond acceptors (Lipinski definition) is 6. The van der Waals surface area contributed by atoms with Crippen molar-refractivity contribution in [3.05, 3.63) is 72.3 Å². The second-order valence-electron chi connectivity index (χ2n) is 10.3. The summed E-state index contributed by atoms with van der Waals surface area (Å²) in [6, 6.07) is 21.8. The molecule has 3 aliphatic heterocycles. The maximum absolute atomic E-state index is 13.4. The molecule has 3 aromatic rings. The zero-order chi connectivity index (χ0) is 27.1. The molecule has 200 valence electrons. The van der Waals surface area contributed by atoms with Gasteiger partial charge in [0, 0.05) is 51.5 Å². The highest BCUT2D eigenvalue weighted by Crippen LogP contribution is 2.25. The summed E-state index contributed by atoms with van der Waals surface area (Å²) in [6.07, 6.45) is 0. The summed E-state index contributed by atoms with van der Waals surface area (Å²) in [5, 5.41) is 2.31. The van der Waals surface area contributed by atoms with Crippen LogP contribution in [0.25, 0.3) is 10.8 Å². The number of carbonyl (C=O) groups excluding carboxylic acids is 2. The van der Waals surface area contributed by atoms with Crippen LogP contribution >= 0.6 is 0 Å². The summed E-state index contributed by atoms with van der Waals surface area (Å²) >= 11 is 0. The van der Waals surface area contributed by atoms with Gasteiger partial charge in [-0.05, 0) is 40.0 Å². The fourth-order valence-corrected chi connectivity index (χ4v) is 5.73. The highest BCUT2D eigenvalue weighted by Gasteiger charge is 2.53. The quantitative estimate of drug-likeness (QED) is 0.463. The number of amides is 3. The molecule has 3 aromatic carbocycles. The van der Waals surface area contributed by atoms with Crippen LogP contribution in [0.1, 0.15) is 5.56 Å². The summed E-state index contributed by atoms with van der Waals surface area (Å²) in [7, 11) is 4.92. The number of rotatable bonds is 6. The zero-order valence-corrected chi connectivity index (χ0v) is 22.6. The number of fused-ring (bicyclic) bond motifs is 2. The van der Waals surface area contributed by atoms with Gasteiger partial charge in [-0.2, -0.15) is 0 Å². The molecule has 0 saturated carbocycles. The minimum Gasteiger partial charge on any atom is -0.497 e. The molecule has 6 rings (SSSR count). The smallest absolute Gasteiger partial charge is 0.333 e. The van der Waals surface area contributed by atoms with Crippen LogP contribution in [-0.4, -0.2) is 103 Å². The minimum atomic E-state index is -0.618. The lowest BCUT2D eigenvalue weighted by Crippen LogP contribution is -2.61. The van der Waals surface area contributed by atoms with Crippen LogP contribution in [0.3, 0.4) is 0 Å². The molecule has 0 bridgehead atoms. The Kier molecular flexibility index (Phi) is 6.52. The molecule has 2 saturated heterocycles. The Balaban J connectivity index is 1.28. The third-order valence-corrected chi connectivity index (χ3v) is 8.01. The highest BCUT2D eigenvalue weighted by molar-refractivity contribution is 6.23. The molecule has 2 fully saturated rings. The van der Waals surface area contributed by atoms with Crippen LogP contribution < -0.4 is 9.64 Å². The number of benzene rings is 3. The molecule has 0 spiro atoms. The lowest BCUT2D eigenvalue weighted by molar-refractivity contribution is -0.551. The number of ether oxygens (including phenoxy) is 1. The van der Waals surface area contributed by atoms with Crippen molar-refractivity contribution in [2.75, 3.05) is 58.8 Å². The SMILES string of the molecule is COc1ccc(N2CCN(CC3=[N+](Cc4cccc5ccccc45)C4C(=O)N(C)C(=O)N(C)C4=N3)CC2)cc1. The Hall–Kier alpha value is -4.24. The molecule has 9 nitrogen and oxygen atoms in total. The van der Waals surface area contributed by atoms with Gasteiger partial charge in [0.1, 0.15) is 18.8 Å². The second kappa shape index (κ2) is 10.1. The van der Waals surface area contributed by atoms with E-state index in [1.807, 2.05) is 24.3 Å². The van der Waals surface area contributed by atoms with Gasteiger partial charge < -0.3 is 9.64 Å². The van der Waals surface area contributed by atoms with Crippen molar-refractivity contribution in [2.45, 2.75) is 12.6 Å². The Labute approximate surface area is 228 Å². The van der Waals surface area contributed by atoms with Crippen LogP contribution in [0.4, 0.5) is 10.5 Å². The largest absolute Gasteiger partial charge is 0.497 e. The summed E-state index contributed by atoms with van der Waals surface area (Å²) in [5.74, 6) is 1.95. The number of amidine groups is 2. The van der Waals surface area contributed by atoms with Crippen molar-refractivity contribution in [1.82, 2.24) is 14.7 Å². The van der Waals surface area contributed by atoms with Crippen LogP contribution in [0, 0.1) is 0 Å². The Bertz CT molecular complexity index is 1480. The normalized spacial score (nSPS) is 20.1. The lowest BCUT2D eigenvalue weighted by atomic mass is 10.0. The number of hydrogen-bond donors (Lipinski definition) is 0. The zero-order valence-electron chi connectivity index (χ0n) is 22.6. The number of aliphatic imine (C=N–C) groups is 1. The van der Waals surface area contributed by atoms with Gasteiger partial charge in [0.25, 0.3) is 17.8 Å². The highest BCUT2D eigenvalue weighted by atomic mass is 16.5. The number of urea groups is 1. The van der Waals surface area contributed by atoms with E-state index in [4.69, 9.17) is 9.73 Å². The number of methoxy groups -OCH3 is 1. The van der Waals surface area contributed by atoms with Gasteiger partial charge in [-0.25, -0.2) is 9.37 Å². The van der Waals surface area contributed by atoms with Gasteiger partial charge in [0.2, 0.25) is 0 Å². The summed E-state index contributed by atoms with van der Waals surface area (Å²) in [6.45, 7) is 4.67. The van der Waals surface area contributed by atoms with E-state index in [0.29, 0.717) is 18.9 Å². The molecule has 0 aliphatic carbocycles. The number of piperazine rings is 1.